The normalized spacial score (nSPS) is 15.3. The highest BCUT2D eigenvalue weighted by molar-refractivity contribution is 6.23. The van der Waals surface area contributed by atoms with Crippen molar-refractivity contribution in [3.05, 3.63) is 69.9 Å². The molecule has 1 aliphatic heterocycles. The van der Waals surface area contributed by atoms with Crippen molar-refractivity contribution >= 4 is 34.3 Å². The van der Waals surface area contributed by atoms with E-state index in [0.717, 1.165) is 9.80 Å². The van der Waals surface area contributed by atoms with Gasteiger partial charge in [-0.1, -0.05) is 24.3 Å². The van der Waals surface area contributed by atoms with Crippen LogP contribution in [-0.2, 0) is 16.0 Å². The molecule has 0 bridgehead atoms. The van der Waals surface area contributed by atoms with Gasteiger partial charge in [0.2, 0.25) is 5.91 Å². The monoisotopic (exact) mass is 465 g/mol. The van der Waals surface area contributed by atoms with Crippen LogP contribution in [0.3, 0.4) is 0 Å². The number of halogens is 1. The fraction of sp³-hybridized carbons (Fsp3) is 0.292. The molecule has 0 spiro atoms. The topological polar surface area (TPSA) is 107 Å². The number of imide groups is 1. The molecule has 2 heterocycles. The highest BCUT2D eigenvalue weighted by atomic mass is 19.1. The second kappa shape index (κ2) is 8.36. The summed E-state index contributed by atoms with van der Waals surface area (Å²) in [5.41, 5.74) is -0.703. The third-order valence-electron chi connectivity index (χ3n) is 6.01. The van der Waals surface area contributed by atoms with Gasteiger partial charge in [-0.3, -0.25) is 14.4 Å². The zero-order chi connectivity index (χ0) is 24.8. The number of rotatable bonds is 5. The lowest BCUT2D eigenvalue weighted by Crippen LogP contribution is -2.48. The number of nitrogens with zero attached hydrogens (tertiary/aromatic N) is 4. The summed E-state index contributed by atoms with van der Waals surface area (Å²) < 4.78 is 14.9. The quantitative estimate of drug-likeness (QED) is 0.582. The molecule has 0 radical (unpaired) electrons. The number of carbonyl (C=O) groups is 3. The van der Waals surface area contributed by atoms with E-state index in [1.807, 2.05) is 0 Å². The number of H-pyrrole nitrogens is 1. The van der Waals surface area contributed by atoms with Gasteiger partial charge in [0.1, 0.15) is 17.9 Å². The molecule has 1 fully saturated rings. The number of carbonyl (C=O) groups excluding carboxylic acids is 3. The average molecular weight is 465 g/mol. The number of fused-ring (bicyclic) bond motifs is 1. The van der Waals surface area contributed by atoms with Crippen molar-refractivity contribution in [2.45, 2.75) is 25.8 Å². The summed E-state index contributed by atoms with van der Waals surface area (Å²) >= 11 is 0. The molecule has 4 amide bonds. The first kappa shape index (κ1) is 23.1. The Kier molecular flexibility index (Phi) is 5.68. The highest BCUT2D eigenvalue weighted by Crippen LogP contribution is 2.34. The Hall–Kier alpha value is -4.08. The first-order valence-electron chi connectivity index (χ1n) is 10.6. The lowest BCUT2D eigenvalue weighted by atomic mass is 10.0. The molecule has 2 aromatic carbocycles. The number of urea groups is 1. The van der Waals surface area contributed by atoms with Crippen LogP contribution in [0.15, 0.2) is 47.3 Å². The second-order valence-corrected chi connectivity index (χ2v) is 8.86. The van der Waals surface area contributed by atoms with Gasteiger partial charge in [-0.05, 0) is 37.6 Å². The van der Waals surface area contributed by atoms with Crippen molar-refractivity contribution in [2.24, 2.45) is 0 Å². The molecule has 34 heavy (non-hydrogen) atoms. The van der Waals surface area contributed by atoms with Crippen molar-refractivity contribution in [1.29, 1.82) is 0 Å². The van der Waals surface area contributed by atoms with Crippen molar-refractivity contribution in [2.75, 3.05) is 25.5 Å². The predicted molar refractivity (Wildman–Crippen MR) is 124 cm³/mol. The first-order chi connectivity index (χ1) is 16.0. The van der Waals surface area contributed by atoms with Gasteiger partial charge in [-0.2, -0.15) is 5.10 Å². The van der Waals surface area contributed by atoms with E-state index in [2.05, 4.69) is 10.2 Å². The molecule has 176 valence electrons. The van der Waals surface area contributed by atoms with Gasteiger partial charge in [0.25, 0.3) is 11.5 Å². The Morgan fingerprint density at radius 1 is 1.09 bits per heavy atom. The van der Waals surface area contributed by atoms with Gasteiger partial charge >= 0.3 is 6.03 Å². The minimum Gasteiger partial charge on any atom is -0.347 e. The zero-order valence-electron chi connectivity index (χ0n) is 19.3. The van der Waals surface area contributed by atoms with E-state index in [1.165, 1.54) is 36.9 Å². The third kappa shape index (κ3) is 3.81. The summed E-state index contributed by atoms with van der Waals surface area (Å²) in [5.74, 6) is -1.74. The van der Waals surface area contributed by atoms with Crippen molar-refractivity contribution in [3.8, 4) is 0 Å². The van der Waals surface area contributed by atoms with Gasteiger partial charge in [0.15, 0.2) is 0 Å². The molecule has 1 saturated heterocycles. The molecule has 0 unspecified atom stereocenters. The number of hydrogen-bond donors (Lipinski definition) is 1. The Labute approximate surface area is 194 Å². The third-order valence-corrected chi connectivity index (χ3v) is 6.01. The van der Waals surface area contributed by atoms with Gasteiger partial charge in [-0.25, -0.2) is 19.2 Å². The van der Waals surface area contributed by atoms with Crippen LogP contribution in [-0.4, -0.2) is 64.0 Å². The van der Waals surface area contributed by atoms with Crippen LogP contribution >= 0.6 is 0 Å². The molecule has 10 heteroatoms. The van der Waals surface area contributed by atoms with Gasteiger partial charge in [0.05, 0.1) is 16.8 Å². The largest absolute Gasteiger partial charge is 0.347 e. The van der Waals surface area contributed by atoms with E-state index < -0.39 is 23.3 Å². The number of aromatic amines is 1. The van der Waals surface area contributed by atoms with Crippen LogP contribution in [0.5, 0.6) is 0 Å². The molecule has 0 aliphatic carbocycles. The molecular formula is C24H24FN5O4. The fourth-order valence-corrected chi connectivity index (χ4v) is 3.93. The van der Waals surface area contributed by atoms with E-state index in [9.17, 15) is 23.6 Å². The van der Waals surface area contributed by atoms with Crippen LogP contribution in [0, 0.1) is 5.82 Å². The molecule has 0 atom stereocenters. The zero-order valence-corrected chi connectivity index (χ0v) is 19.3. The van der Waals surface area contributed by atoms with Gasteiger partial charge in [0, 0.05) is 25.9 Å². The second-order valence-electron chi connectivity index (χ2n) is 8.86. The predicted octanol–water partition coefficient (Wildman–Crippen LogP) is 2.29. The number of nitrogens with one attached hydrogen (secondary N) is 1. The van der Waals surface area contributed by atoms with Crippen molar-refractivity contribution < 1.29 is 18.8 Å². The summed E-state index contributed by atoms with van der Waals surface area (Å²) in [5, 5.41) is 7.73. The standard InChI is InChI=1S/C24H24FN5O4/c1-24(2)22(33)30(23(34)29(24)13-20(31)28(3)4)19-12-14(9-10-17(19)25)11-18-15-7-5-6-8-16(15)21(32)27-26-18/h5-10,12H,11,13H2,1-4H3,(H,27,32). The Balaban J connectivity index is 1.71. The highest BCUT2D eigenvalue weighted by Gasteiger charge is 2.53. The molecule has 0 saturated carbocycles. The van der Waals surface area contributed by atoms with E-state index >= 15 is 0 Å². The number of likely N-dealkylation sites (N-methyl/N-ethyl adjacent to an activating group) is 1. The number of anilines is 1. The minimum atomic E-state index is -1.33. The Bertz CT molecular complexity index is 1380. The number of hydrogen-bond acceptors (Lipinski definition) is 5. The lowest BCUT2D eigenvalue weighted by molar-refractivity contribution is -0.131. The van der Waals surface area contributed by atoms with Crippen LogP contribution in [0.2, 0.25) is 0 Å². The molecule has 1 N–H and O–H groups in total. The molecule has 3 aromatic rings. The van der Waals surface area contributed by atoms with E-state index in [1.54, 1.807) is 38.4 Å². The maximum absolute atomic E-state index is 14.9. The molecule has 4 rings (SSSR count). The number of benzene rings is 2. The molecule has 1 aromatic heterocycles. The van der Waals surface area contributed by atoms with E-state index in [4.69, 9.17) is 0 Å². The van der Waals surface area contributed by atoms with Crippen LogP contribution in [0.25, 0.3) is 10.8 Å². The van der Waals surface area contributed by atoms with Crippen LogP contribution in [0.1, 0.15) is 25.1 Å². The summed E-state index contributed by atoms with van der Waals surface area (Å²) in [6.07, 6.45) is 0.229. The molecule has 9 nitrogen and oxygen atoms in total. The Morgan fingerprint density at radius 2 is 1.76 bits per heavy atom. The van der Waals surface area contributed by atoms with E-state index in [-0.39, 0.29) is 30.1 Å². The van der Waals surface area contributed by atoms with Crippen LogP contribution in [0.4, 0.5) is 14.9 Å². The summed E-state index contributed by atoms with van der Waals surface area (Å²) in [4.78, 5) is 53.8. The number of amides is 4. The minimum absolute atomic E-state index is 0.200. The van der Waals surface area contributed by atoms with Crippen molar-refractivity contribution in [1.82, 2.24) is 20.0 Å². The van der Waals surface area contributed by atoms with Gasteiger partial charge in [-0.15, -0.1) is 0 Å². The average Bonchev–Trinajstić information content (AvgIpc) is 2.96. The SMILES string of the molecule is CN(C)C(=O)CN1C(=O)N(c2cc(Cc3n[nH]c(=O)c4ccccc34)ccc2F)C(=O)C1(C)C. The molecular weight excluding hydrogens is 441 g/mol. The summed E-state index contributed by atoms with van der Waals surface area (Å²) in [6.45, 7) is 2.73. The Morgan fingerprint density at radius 3 is 2.44 bits per heavy atom. The summed E-state index contributed by atoms with van der Waals surface area (Å²) in [7, 11) is 3.10. The maximum atomic E-state index is 14.9. The summed E-state index contributed by atoms with van der Waals surface area (Å²) in [6, 6.07) is 10.3. The smallest absolute Gasteiger partial charge is 0.332 e. The number of aromatic nitrogens is 2. The van der Waals surface area contributed by atoms with Gasteiger partial charge < -0.3 is 9.80 Å². The van der Waals surface area contributed by atoms with Crippen LogP contribution < -0.4 is 10.5 Å². The maximum Gasteiger partial charge on any atom is 0.332 e. The van der Waals surface area contributed by atoms with E-state index in [0.29, 0.717) is 22.0 Å². The fourth-order valence-electron chi connectivity index (χ4n) is 3.93. The first-order valence-corrected chi connectivity index (χ1v) is 10.6. The van der Waals surface area contributed by atoms with Crippen molar-refractivity contribution in [3.63, 3.8) is 0 Å². The lowest BCUT2D eigenvalue weighted by Gasteiger charge is -2.28. The molecule has 1 aliphatic rings.